The van der Waals surface area contributed by atoms with Crippen molar-refractivity contribution in [2.45, 2.75) is 26.0 Å². The molecule has 0 aliphatic carbocycles. The smallest absolute Gasteiger partial charge is 0.306 e. The Morgan fingerprint density at radius 3 is 3.12 bits per heavy atom. The lowest BCUT2D eigenvalue weighted by molar-refractivity contribution is -0.142. The van der Waals surface area contributed by atoms with Crippen molar-refractivity contribution < 1.29 is 19.2 Å². The maximum Gasteiger partial charge on any atom is 0.306 e. The summed E-state index contributed by atoms with van der Waals surface area (Å²) in [5.41, 5.74) is 0. The lowest BCUT2D eigenvalue weighted by Crippen LogP contribution is -2.42. The highest BCUT2D eigenvalue weighted by molar-refractivity contribution is 5.67. The maximum absolute atomic E-state index is 10.6. The van der Waals surface area contributed by atoms with Crippen molar-refractivity contribution >= 4 is 5.97 Å². The molecular formula is C10H15N3O4. The van der Waals surface area contributed by atoms with Crippen molar-refractivity contribution in [1.82, 2.24) is 15.0 Å². The molecule has 0 aromatic carbocycles. The van der Waals surface area contributed by atoms with Crippen molar-refractivity contribution in [1.29, 1.82) is 0 Å². The fraction of sp³-hybridized carbons (Fsp3) is 0.700. The molecule has 7 nitrogen and oxygen atoms in total. The van der Waals surface area contributed by atoms with Crippen molar-refractivity contribution in [3.63, 3.8) is 0 Å². The Hall–Kier alpha value is -1.47. The van der Waals surface area contributed by atoms with Crippen LogP contribution in [0.25, 0.3) is 0 Å². The summed E-state index contributed by atoms with van der Waals surface area (Å²) >= 11 is 0. The van der Waals surface area contributed by atoms with E-state index in [1.807, 2.05) is 0 Å². The van der Waals surface area contributed by atoms with Gasteiger partial charge in [-0.05, 0) is 6.92 Å². The number of nitrogens with zero attached hydrogens (tertiary/aromatic N) is 3. The Labute approximate surface area is 98.4 Å². The van der Waals surface area contributed by atoms with E-state index in [1.165, 1.54) is 0 Å². The van der Waals surface area contributed by atoms with Gasteiger partial charge in [-0.25, -0.2) is 0 Å². The summed E-state index contributed by atoms with van der Waals surface area (Å²) in [4.78, 5) is 16.8. The van der Waals surface area contributed by atoms with Gasteiger partial charge >= 0.3 is 5.97 Å². The number of rotatable bonds is 4. The predicted octanol–water partition coefficient (Wildman–Crippen LogP) is 0.0535. The Kier molecular flexibility index (Phi) is 3.70. The summed E-state index contributed by atoms with van der Waals surface area (Å²) in [7, 11) is 0. The number of aromatic nitrogens is 2. The summed E-state index contributed by atoms with van der Waals surface area (Å²) < 4.78 is 10.4. The molecule has 1 aliphatic rings. The van der Waals surface area contributed by atoms with E-state index in [0.29, 0.717) is 31.4 Å². The van der Waals surface area contributed by atoms with Crippen molar-refractivity contribution in [3.05, 3.63) is 11.7 Å². The van der Waals surface area contributed by atoms with E-state index in [2.05, 4.69) is 15.0 Å². The molecule has 1 aromatic rings. The summed E-state index contributed by atoms with van der Waals surface area (Å²) in [6, 6.07) is 0. The lowest BCUT2D eigenvalue weighted by atomic mass is 10.2. The first-order valence-electron chi connectivity index (χ1n) is 5.48. The van der Waals surface area contributed by atoms with Gasteiger partial charge in [-0.3, -0.25) is 9.69 Å². The first-order chi connectivity index (χ1) is 8.13. The van der Waals surface area contributed by atoms with E-state index < -0.39 is 5.97 Å². The molecule has 1 saturated heterocycles. The number of carboxylic acids is 1. The molecule has 1 N–H and O–H groups in total. The highest BCUT2D eigenvalue weighted by Crippen LogP contribution is 2.11. The molecule has 1 aromatic heterocycles. The van der Waals surface area contributed by atoms with E-state index in [0.717, 1.165) is 6.54 Å². The minimum atomic E-state index is -0.842. The summed E-state index contributed by atoms with van der Waals surface area (Å²) in [5.74, 6) is 0.319. The molecule has 17 heavy (non-hydrogen) atoms. The standard InChI is InChI=1S/C10H15N3O4/c1-7-11-9(17-12-7)6-13-2-3-16-8(5-13)4-10(14)15/h8H,2-6H2,1H3,(H,14,15). The summed E-state index contributed by atoms with van der Waals surface area (Å²) in [6.07, 6.45) is -0.232. The van der Waals surface area contributed by atoms with E-state index >= 15 is 0 Å². The van der Waals surface area contributed by atoms with Crippen LogP contribution in [0.15, 0.2) is 4.52 Å². The monoisotopic (exact) mass is 241 g/mol. The number of hydrogen-bond acceptors (Lipinski definition) is 6. The highest BCUT2D eigenvalue weighted by Gasteiger charge is 2.23. The van der Waals surface area contributed by atoms with Crippen molar-refractivity contribution in [2.75, 3.05) is 19.7 Å². The average Bonchev–Trinajstić information content (AvgIpc) is 2.63. The Bertz CT molecular complexity index is 393. The third-order valence-corrected chi connectivity index (χ3v) is 2.55. The van der Waals surface area contributed by atoms with Gasteiger partial charge in [0.25, 0.3) is 0 Å². The van der Waals surface area contributed by atoms with E-state index in [-0.39, 0.29) is 12.5 Å². The van der Waals surface area contributed by atoms with Gasteiger partial charge in [0.15, 0.2) is 5.82 Å². The maximum atomic E-state index is 10.6. The predicted molar refractivity (Wildman–Crippen MR) is 56.3 cm³/mol. The van der Waals surface area contributed by atoms with Gasteiger partial charge in [0.1, 0.15) is 0 Å². The van der Waals surface area contributed by atoms with E-state index in [9.17, 15) is 4.79 Å². The molecule has 94 valence electrons. The van der Waals surface area contributed by atoms with Gasteiger partial charge in [-0.15, -0.1) is 0 Å². The molecule has 0 saturated carbocycles. The fourth-order valence-electron chi connectivity index (χ4n) is 1.84. The SMILES string of the molecule is Cc1noc(CN2CCOC(CC(=O)O)C2)n1. The third kappa shape index (κ3) is 3.50. The lowest BCUT2D eigenvalue weighted by Gasteiger charge is -2.31. The zero-order chi connectivity index (χ0) is 12.3. The van der Waals surface area contributed by atoms with Crippen molar-refractivity contribution in [3.8, 4) is 0 Å². The van der Waals surface area contributed by atoms with Crippen LogP contribution in [0.3, 0.4) is 0 Å². The topological polar surface area (TPSA) is 88.7 Å². The highest BCUT2D eigenvalue weighted by atomic mass is 16.5. The van der Waals surface area contributed by atoms with Gasteiger partial charge in [-0.1, -0.05) is 5.16 Å². The number of aryl methyl sites for hydroxylation is 1. The minimum absolute atomic E-state index is 0.0271. The molecule has 2 rings (SSSR count). The largest absolute Gasteiger partial charge is 0.481 e. The second-order valence-electron chi connectivity index (χ2n) is 4.06. The van der Waals surface area contributed by atoms with Gasteiger partial charge < -0.3 is 14.4 Å². The van der Waals surface area contributed by atoms with Gasteiger partial charge in [0, 0.05) is 13.1 Å². The minimum Gasteiger partial charge on any atom is -0.481 e. The van der Waals surface area contributed by atoms with Gasteiger partial charge in [-0.2, -0.15) is 4.98 Å². The average molecular weight is 241 g/mol. The Morgan fingerprint density at radius 1 is 1.65 bits per heavy atom. The van der Waals surface area contributed by atoms with Gasteiger partial charge in [0.2, 0.25) is 5.89 Å². The van der Waals surface area contributed by atoms with E-state index in [4.69, 9.17) is 14.4 Å². The number of carboxylic acid groups (broad SMARTS) is 1. The Balaban J connectivity index is 1.87. The second kappa shape index (κ2) is 5.24. The first kappa shape index (κ1) is 12.0. The molecular weight excluding hydrogens is 226 g/mol. The summed E-state index contributed by atoms with van der Waals surface area (Å²) in [5, 5.41) is 12.4. The van der Waals surface area contributed by atoms with Crippen LogP contribution in [0.5, 0.6) is 0 Å². The second-order valence-corrected chi connectivity index (χ2v) is 4.06. The van der Waals surface area contributed by atoms with E-state index in [1.54, 1.807) is 6.92 Å². The molecule has 1 atom stereocenters. The molecule has 0 radical (unpaired) electrons. The Morgan fingerprint density at radius 2 is 2.47 bits per heavy atom. The molecule has 0 spiro atoms. The van der Waals surface area contributed by atoms with Crippen LogP contribution in [-0.4, -0.2) is 51.9 Å². The summed E-state index contributed by atoms with van der Waals surface area (Å²) in [6.45, 7) is 4.16. The van der Waals surface area contributed by atoms with Crippen LogP contribution in [0.2, 0.25) is 0 Å². The molecule has 7 heteroatoms. The van der Waals surface area contributed by atoms with Crippen molar-refractivity contribution in [2.24, 2.45) is 0 Å². The zero-order valence-corrected chi connectivity index (χ0v) is 9.63. The van der Waals surface area contributed by atoms with Crippen LogP contribution in [0.4, 0.5) is 0 Å². The molecule has 1 fully saturated rings. The molecule has 0 amide bonds. The normalized spacial score (nSPS) is 21.6. The van der Waals surface area contributed by atoms with Crippen LogP contribution >= 0.6 is 0 Å². The number of aliphatic carboxylic acids is 1. The van der Waals surface area contributed by atoms with Crippen LogP contribution in [0, 0.1) is 6.92 Å². The number of ether oxygens (including phenoxy) is 1. The third-order valence-electron chi connectivity index (χ3n) is 2.55. The number of morpholine rings is 1. The zero-order valence-electron chi connectivity index (χ0n) is 9.63. The molecule has 1 aliphatic heterocycles. The van der Waals surface area contributed by atoms with Gasteiger partial charge in [0.05, 0.1) is 25.7 Å². The van der Waals surface area contributed by atoms with Crippen LogP contribution in [-0.2, 0) is 16.1 Å². The number of hydrogen-bond donors (Lipinski definition) is 1. The molecule has 0 bridgehead atoms. The number of carbonyl (C=O) groups is 1. The van der Waals surface area contributed by atoms with Crippen LogP contribution < -0.4 is 0 Å². The fourth-order valence-corrected chi connectivity index (χ4v) is 1.84. The molecule has 1 unspecified atom stereocenters. The first-order valence-corrected chi connectivity index (χ1v) is 5.48. The van der Waals surface area contributed by atoms with Crippen LogP contribution in [0.1, 0.15) is 18.1 Å². The molecule has 2 heterocycles. The quantitative estimate of drug-likeness (QED) is 0.796.